The van der Waals surface area contributed by atoms with Crippen molar-refractivity contribution in [2.75, 3.05) is 6.26 Å². The Morgan fingerprint density at radius 2 is 1.81 bits per heavy atom. The van der Waals surface area contributed by atoms with Gasteiger partial charge >= 0.3 is 0 Å². The van der Waals surface area contributed by atoms with Gasteiger partial charge in [0.05, 0.1) is 4.90 Å². The van der Waals surface area contributed by atoms with Crippen LogP contribution in [-0.4, -0.2) is 14.7 Å². The van der Waals surface area contributed by atoms with Crippen molar-refractivity contribution in [3.05, 3.63) is 57.2 Å². The molecule has 1 aromatic rings. The molecule has 0 saturated carbocycles. The van der Waals surface area contributed by atoms with Gasteiger partial charge < -0.3 is 0 Å². The molecular formula is C17H20O2S2. The molecule has 0 N–H and O–H groups in total. The van der Waals surface area contributed by atoms with E-state index in [0.717, 1.165) is 6.42 Å². The molecule has 0 aromatic heterocycles. The van der Waals surface area contributed by atoms with Gasteiger partial charge in [-0.25, -0.2) is 8.42 Å². The molecule has 21 heavy (non-hydrogen) atoms. The van der Waals surface area contributed by atoms with Crippen molar-refractivity contribution in [2.45, 2.75) is 31.1 Å². The first kappa shape index (κ1) is 14.7. The Bertz CT molecular complexity index is 750. The molecule has 4 heteroatoms. The number of hydrogen-bond acceptors (Lipinski definition) is 2. The average molecular weight is 320 g/mol. The minimum Gasteiger partial charge on any atom is -0.224 e. The van der Waals surface area contributed by atoms with Crippen LogP contribution in [0.4, 0.5) is 0 Å². The number of thiol groups is 1. The van der Waals surface area contributed by atoms with Crippen LogP contribution < -0.4 is 0 Å². The highest BCUT2D eigenvalue weighted by molar-refractivity contribution is 8.25. The Morgan fingerprint density at radius 1 is 1.10 bits per heavy atom. The Morgan fingerprint density at radius 3 is 2.38 bits per heavy atom. The van der Waals surface area contributed by atoms with E-state index in [4.69, 9.17) is 0 Å². The lowest BCUT2D eigenvalue weighted by molar-refractivity contribution is 0.602. The van der Waals surface area contributed by atoms with Crippen molar-refractivity contribution in [3.63, 3.8) is 0 Å². The maximum Gasteiger partial charge on any atom is 0.175 e. The highest BCUT2D eigenvalue weighted by Crippen LogP contribution is 2.52. The zero-order chi connectivity index (χ0) is 15.0. The average Bonchev–Trinajstić information content (AvgIpc) is 3.06. The Kier molecular flexibility index (Phi) is 3.84. The van der Waals surface area contributed by atoms with Crippen molar-refractivity contribution in [1.82, 2.24) is 0 Å². The quantitative estimate of drug-likeness (QED) is 0.837. The smallest absolute Gasteiger partial charge is 0.175 e. The maximum absolute atomic E-state index is 11.5. The van der Waals surface area contributed by atoms with Crippen LogP contribution in [0.5, 0.6) is 0 Å². The zero-order valence-corrected chi connectivity index (χ0v) is 14.0. The lowest BCUT2D eigenvalue weighted by Crippen LogP contribution is -1.96. The lowest BCUT2D eigenvalue weighted by atomic mass is 10.1. The molecule has 1 heterocycles. The van der Waals surface area contributed by atoms with E-state index in [1.165, 1.54) is 35.8 Å². The van der Waals surface area contributed by atoms with Crippen LogP contribution >= 0.6 is 10.9 Å². The minimum atomic E-state index is -3.11. The molecule has 0 fully saturated rings. The fourth-order valence-electron chi connectivity index (χ4n) is 2.90. The summed E-state index contributed by atoms with van der Waals surface area (Å²) in [5.74, 6) is 0. The first-order valence-electron chi connectivity index (χ1n) is 7.12. The first-order valence-corrected chi connectivity index (χ1v) is 10.5. The van der Waals surface area contributed by atoms with Crippen LogP contribution in [0.15, 0.2) is 56.5 Å². The largest absolute Gasteiger partial charge is 0.224 e. The third kappa shape index (κ3) is 3.01. The normalized spacial score (nSPS) is 23.7. The molecule has 1 aliphatic carbocycles. The van der Waals surface area contributed by atoms with Gasteiger partial charge in [-0.2, -0.15) is 10.9 Å². The summed E-state index contributed by atoms with van der Waals surface area (Å²) in [7, 11) is -3.37. The predicted molar refractivity (Wildman–Crippen MR) is 92.2 cm³/mol. The number of benzene rings is 1. The number of hydrogen-bond donors (Lipinski definition) is 1. The summed E-state index contributed by atoms with van der Waals surface area (Å²) in [6, 6.07) is 7.38. The van der Waals surface area contributed by atoms with E-state index in [0.29, 0.717) is 4.90 Å². The van der Waals surface area contributed by atoms with Crippen LogP contribution in [0.25, 0.3) is 5.57 Å². The number of sulfone groups is 1. The van der Waals surface area contributed by atoms with Crippen LogP contribution in [0, 0.1) is 0 Å². The van der Waals surface area contributed by atoms with E-state index in [1.807, 2.05) is 12.1 Å². The van der Waals surface area contributed by atoms with Gasteiger partial charge in [-0.05, 0) is 70.7 Å². The second-order valence-corrected chi connectivity index (χ2v) is 9.60. The lowest BCUT2D eigenvalue weighted by Gasteiger charge is -2.15. The van der Waals surface area contributed by atoms with Crippen LogP contribution in [0.1, 0.15) is 31.7 Å². The summed E-state index contributed by atoms with van der Waals surface area (Å²) in [5.41, 5.74) is 3.97. The third-order valence-electron chi connectivity index (χ3n) is 3.97. The van der Waals surface area contributed by atoms with Crippen molar-refractivity contribution < 1.29 is 8.42 Å². The fourth-order valence-corrected chi connectivity index (χ4v) is 5.84. The molecule has 112 valence electrons. The zero-order valence-electron chi connectivity index (χ0n) is 12.3. The van der Waals surface area contributed by atoms with Gasteiger partial charge in [0.1, 0.15) is 0 Å². The molecule has 3 rings (SSSR count). The van der Waals surface area contributed by atoms with Gasteiger partial charge in [-0.3, -0.25) is 0 Å². The second-order valence-electron chi connectivity index (χ2n) is 5.67. The fraction of sp³-hybridized carbons (Fsp3) is 0.294. The summed E-state index contributed by atoms with van der Waals surface area (Å²) < 4.78 is 23.1. The predicted octanol–water partition coefficient (Wildman–Crippen LogP) is 4.42. The summed E-state index contributed by atoms with van der Waals surface area (Å²) in [5, 5.41) is 4.71. The molecule has 1 atom stereocenters. The van der Waals surface area contributed by atoms with E-state index >= 15 is 0 Å². The molecule has 1 aliphatic heterocycles. The van der Waals surface area contributed by atoms with Crippen LogP contribution in [-0.2, 0) is 9.84 Å². The summed E-state index contributed by atoms with van der Waals surface area (Å²) in [4.78, 5) is 1.96. The van der Waals surface area contributed by atoms with Gasteiger partial charge in [0.15, 0.2) is 9.84 Å². The highest BCUT2D eigenvalue weighted by atomic mass is 32.2. The van der Waals surface area contributed by atoms with Gasteiger partial charge in [0, 0.05) is 6.26 Å². The van der Waals surface area contributed by atoms with E-state index in [9.17, 15) is 8.42 Å². The molecule has 0 saturated heterocycles. The standard InChI is InChI=1S/C17H20O2S2/c1-13-10-11-20(12-13)17-5-3-4-16(17)14-6-8-15(9-7-14)21(2,18)19/h6-12,20H,3-5H2,1-2H3. The molecule has 0 spiro atoms. The van der Waals surface area contributed by atoms with Crippen molar-refractivity contribution in [3.8, 4) is 0 Å². The van der Waals surface area contributed by atoms with E-state index < -0.39 is 9.84 Å². The topological polar surface area (TPSA) is 34.1 Å². The summed E-state index contributed by atoms with van der Waals surface area (Å²) in [6.45, 7) is 2.15. The second kappa shape index (κ2) is 5.50. The molecule has 2 nitrogen and oxygen atoms in total. The molecule has 0 radical (unpaired) electrons. The van der Waals surface area contributed by atoms with Crippen molar-refractivity contribution >= 4 is 26.3 Å². The van der Waals surface area contributed by atoms with E-state index in [-0.39, 0.29) is 10.9 Å². The molecule has 1 unspecified atom stereocenters. The van der Waals surface area contributed by atoms with E-state index in [2.05, 4.69) is 23.8 Å². The molecular weight excluding hydrogens is 300 g/mol. The number of rotatable bonds is 3. The van der Waals surface area contributed by atoms with Gasteiger partial charge in [-0.15, -0.1) is 0 Å². The molecule has 0 amide bonds. The maximum atomic E-state index is 11.5. The minimum absolute atomic E-state index is 0.260. The van der Waals surface area contributed by atoms with Crippen molar-refractivity contribution in [1.29, 1.82) is 0 Å². The molecule has 2 aliphatic rings. The molecule has 1 aromatic carbocycles. The van der Waals surface area contributed by atoms with E-state index in [1.54, 1.807) is 17.0 Å². The Labute approximate surface area is 129 Å². The highest BCUT2D eigenvalue weighted by Gasteiger charge is 2.21. The monoisotopic (exact) mass is 320 g/mol. The van der Waals surface area contributed by atoms with Crippen molar-refractivity contribution in [2.24, 2.45) is 0 Å². The van der Waals surface area contributed by atoms with Gasteiger partial charge in [-0.1, -0.05) is 18.2 Å². The summed E-state index contributed by atoms with van der Waals surface area (Å²) in [6.07, 6.45) is 6.94. The first-order chi connectivity index (χ1) is 9.95. The summed E-state index contributed by atoms with van der Waals surface area (Å²) >= 11 is 0. The third-order valence-corrected chi connectivity index (χ3v) is 7.37. The van der Waals surface area contributed by atoms with Gasteiger partial charge in [0.2, 0.25) is 0 Å². The van der Waals surface area contributed by atoms with Crippen LogP contribution in [0.3, 0.4) is 0 Å². The number of allylic oxidation sites excluding steroid dienone is 4. The van der Waals surface area contributed by atoms with Gasteiger partial charge in [0.25, 0.3) is 0 Å². The molecule has 0 bridgehead atoms. The SMILES string of the molecule is CC1=C[SH](C2=C(c3ccc(S(C)(=O)=O)cc3)CCC2)C=C1. The Balaban J connectivity index is 1.97. The Hall–Kier alpha value is -1.26. The van der Waals surface area contributed by atoms with Crippen LogP contribution in [0.2, 0.25) is 0 Å².